The van der Waals surface area contributed by atoms with Crippen LogP contribution in [0.5, 0.6) is 5.75 Å². The van der Waals surface area contributed by atoms with Crippen LogP contribution in [0.1, 0.15) is 37.6 Å². The number of benzene rings is 2. The van der Waals surface area contributed by atoms with Gasteiger partial charge in [-0.1, -0.05) is 26.0 Å². The van der Waals surface area contributed by atoms with Crippen LogP contribution in [0.15, 0.2) is 42.5 Å². The Morgan fingerprint density at radius 2 is 1.96 bits per heavy atom. The van der Waals surface area contributed by atoms with Crippen LogP contribution in [-0.4, -0.2) is 28.6 Å². The van der Waals surface area contributed by atoms with E-state index in [1.54, 1.807) is 6.07 Å². The molecule has 0 bridgehead atoms. The topological polar surface area (TPSA) is 56.1 Å². The van der Waals surface area contributed by atoms with Crippen molar-refractivity contribution in [2.24, 2.45) is 7.05 Å². The van der Waals surface area contributed by atoms with Gasteiger partial charge in [-0.25, -0.2) is 9.37 Å². The van der Waals surface area contributed by atoms with Gasteiger partial charge in [-0.3, -0.25) is 4.79 Å². The zero-order chi connectivity index (χ0) is 20.1. The average molecular weight is 383 g/mol. The lowest BCUT2D eigenvalue weighted by molar-refractivity contribution is -0.121. The second-order valence-corrected chi connectivity index (χ2v) is 7.14. The summed E-state index contributed by atoms with van der Waals surface area (Å²) in [6.45, 7) is 5.10. The summed E-state index contributed by atoms with van der Waals surface area (Å²) < 4.78 is 20.9. The zero-order valence-corrected chi connectivity index (χ0v) is 16.5. The van der Waals surface area contributed by atoms with E-state index in [1.807, 2.05) is 35.9 Å². The standard InChI is InChI=1S/C22H26FN3O2/c1-15(2)16-4-7-18(8-5-16)28-13-11-22(27)24-12-10-21-25-19-9-6-17(23)14-20(19)26(21)3/h4-9,14-15H,10-13H2,1-3H3,(H,24,27). The summed E-state index contributed by atoms with van der Waals surface area (Å²) in [4.78, 5) is 16.5. The molecule has 5 nitrogen and oxygen atoms in total. The van der Waals surface area contributed by atoms with Gasteiger partial charge in [-0.05, 0) is 41.8 Å². The van der Waals surface area contributed by atoms with Crippen molar-refractivity contribution in [1.82, 2.24) is 14.9 Å². The number of aryl methyl sites for hydroxylation is 1. The van der Waals surface area contributed by atoms with Crippen LogP contribution < -0.4 is 10.1 Å². The molecule has 0 aliphatic carbocycles. The van der Waals surface area contributed by atoms with Gasteiger partial charge in [0.15, 0.2) is 0 Å². The number of rotatable bonds is 8. The number of nitrogens with one attached hydrogen (secondary N) is 1. The lowest BCUT2D eigenvalue weighted by Crippen LogP contribution is -2.27. The molecule has 0 saturated carbocycles. The first-order valence-electron chi connectivity index (χ1n) is 9.54. The minimum atomic E-state index is -0.283. The number of ether oxygens (including phenoxy) is 1. The Bertz CT molecular complexity index is 948. The summed E-state index contributed by atoms with van der Waals surface area (Å²) >= 11 is 0. The number of aromatic nitrogens is 2. The van der Waals surface area contributed by atoms with E-state index in [-0.39, 0.29) is 11.7 Å². The first-order chi connectivity index (χ1) is 13.4. The van der Waals surface area contributed by atoms with E-state index >= 15 is 0 Å². The van der Waals surface area contributed by atoms with Gasteiger partial charge < -0.3 is 14.6 Å². The van der Waals surface area contributed by atoms with E-state index in [4.69, 9.17) is 4.74 Å². The summed E-state index contributed by atoms with van der Waals surface area (Å²) in [5.41, 5.74) is 2.76. The van der Waals surface area contributed by atoms with Crippen molar-refractivity contribution in [3.8, 4) is 5.75 Å². The van der Waals surface area contributed by atoms with Crippen molar-refractivity contribution in [3.63, 3.8) is 0 Å². The fourth-order valence-corrected chi connectivity index (χ4v) is 3.05. The van der Waals surface area contributed by atoms with Gasteiger partial charge in [0.25, 0.3) is 0 Å². The lowest BCUT2D eigenvalue weighted by Gasteiger charge is -2.09. The van der Waals surface area contributed by atoms with Crippen molar-refractivity contribution in [2.75, 3.05) is 13.2 Å². The Labute approximate surface area is 164 Å². The highest BCUT2D eigenvalue weighted by Gasteiger charge is 2.09. The number of imidazole rings is 1. The molecule has 0 saturated heterocycles. The highest BCUT2D eigenvalue weighted by Crippen LogP contribution is 2.19. The van der Waals surface area contributed by atoms with Gasteiger partial charge >= 0.3 is 0 Å². The second-order valence-electron chi connectivity index (χ2n) is 7.14. The molecule has 1 aromatic heterocycles. The van der Waals surface area contributed by atoms with Crippen molar-refractivity contribution in [1.29, 1.82) is 0 Å². The molecule has 2 aromatic carbocycles. The normalized spacial score (nSPS) is 11.2. The molecule has 1 amide bonds. The van der Waals surface area contributed by atoms with Gasteiger partial charge in [0.05, 0.1) is 24.1 Å². The minimum absolute atomic E-state index is 0.0661. The fraction of sp³-hybridized carbons (Fsp3) is 0.364. The van der Waals surface area contributed by atoms with Crippen molar-refractivity contribution in [2.45, 2.75) is 32.6 Å². The Hall–Kier alpha value is -2.89. The Morgan fingerprint density at radius 1 is 1.21 bits per heavy atom. The molecule has 0 atom stereocenters. The third-order valence-corrected chi connectivity index (χ3v) is 4.75. The molecule has 3 rings (SSSR count). The molecule has 1 heterocycles. The Kier molecular flexibility index (Phi) is 6.29. The summed E-state index contributed by atoms with van der Waals surface area (Å²) in [5, 5.41) is 2.88. The van der Waals surface area contributed by atoms with Crippen molar-refractivity contribution >= 4 is 16.9 Å². The molecular weight excluding hydrogens is 357 g/mol. The van der Waals surface area contributed by atoms with Crippen LogP contribution in [0.2, 0.25) is 0 Å². The number of amides is 1. The number of hydrogen-bond donors (Lipinski definition) is 1. The largest absolute Gasteiger partial charge is 0.493 e. The van der Waals surface area contributed by atoms with Gasteiger partial charge in [0.1, 0.15) is 17.4 Å². The SMILES string of the molecule is CC(C)c1ccc(OCCC(=O)NCCc2nc3ccc(F)cc3n2C)cc1. The van der Waals surface area contributed by atoms with Gasteiger partial charge in [0, 0.05) is 20.0 Å². The van der Waals surface area contributed by atoms with Crippen LogP contribution >= 0.6 is 0 Å². The third kappa shape index (κ3) is 4.88. The van der Waals surface area contributed by atoms with Crippen LogP contribution in [0.4, 0.5) is 4.39 Å². The molecule has 0 spiro atoms. The van der Waals surface area contributed by atoms with Gasteiger partial charge in [0.2, 0.25) is 5.91 Å². The quantitative estimate of drug-likeness (QED) is 0.640. The monoisotopic (exact) mass is 383 g/mol. The molecule has 0 radical (unpaired) electrons. The van der Waals surface area contributed by atoms with Crippen molar-refractivity contribution < 1.29 is 13.9 Å². The van der Waals surface area contributed by atoms with E-state index in [1.165, 1.54) is 17.7 Å². The number of carbonyl (C=O) groups is 1. The molecule has 6 heteroatoms. The number of nitrogens with zero attached hydrogens (tertiary/aromatic N) is 2. The predicted octanol–water partition coefficient (Wildman–Crippen LogP) is 3.96. The predicted molar refractivity (Wildman–Crippen MR) is 108 cm³/mol. The fourth-order valence-electron chi connectivity index (χ4n) is 3.05. The highest BCUT2D eigenvalue weighted by atomic mass is 19.1. The van der Waals surface area contributed by atoms with Crippen LogP contribution in [-0.2, 0) is 18.3 Å². The Balaban J connectivity index is 1.42. The lowest BCUT2D eigenvalue weighted by atomic mass is 10.0. The second kappa shape index (κ2) is 8.87. The molecule has 28 heavy (non-hydrogen) atoms. The van der Waals surface area contributed by atoms with E-state index in [0.29, 0.717) is 31.9 Å². The molecule has 148 valence electrons. The van der Waals surface area contributed by atoms with Gasteiger partial charge in [-0.2, -0.15) is 0 Å². The first kappa shape index (κ1) is 19.9. The maximum Gasteiger partial charge on any atom is 0.223 e. The molecule has 3 aromatic rings. The third-order valence-electron chi connectivity index (χ3n) is 4.75. The van der Waals surface area contributed by atoms with Crippen LogP contribution in [0, 0.1) is 5.82 Å². The molecule has 0 aliphatic rings. The van der Waals surface area contributed by atoms with E-state index in [2.05, 4.69) is 24.1 Å². The summed E-state index contributed by atoms with van der Waals surface area (Å²) in [5.74, 6) is 1.71. The zero-order valence-electron chi connectivity index (χ0n) is 16.5. The van der Waals surface area contributed by atoms with Crippen molar-refractivity contribution in [3.05, 3.63) is 59.7 Å². The van der Waals surface area contributed by atoms with Gasteiger partial charge in [-0.15, -0.1) is 0 Å². The molecule has 0 unspecified atom stereocenters. The van der Waals surface area contributed by atoms with E-state index < -0.39 is 0 Å². The van der Waals surface area contributed by atoms with Crippen LogP contribution in [0.3, 0.4) is 0 Å². The van der Waals surface area contributed by atoms with E-state index in [0.717, 1.165) is 22.6 Å². The smallest absolute Gasteiger partial charge is 0.223 e. The minimum Gasteiger partial charge on any atom is -0.493 e. The van der Waals surface area contributed by atoms with E-state index in [9.17, 15) is 9.18 Å². The highest BCUT2D eigenvalue weighted by molar-refractivity contribution is 5.76. The number of hydrogen-bond acceptors (Lipinski definition) is 3. The first-order valence-corrected chi connectivity index (χ1v) is 9.54. The maximum atomic E-state index is 13.4. The summed E-state index contributed by atoms with van der Waals surface area (Å²) in [7, 11) is 1.85. The molecule has 0 aliphatic heterocycles. The number of fused-ring (bicyclic) bond motifs is 1. The molecule has 1 N–H and O–H groups in total. The summed E-state index contributed by atoms with van der Waals surface area (Å²) in [6.07, 6.45) is 0.871. The number of halogens is 1. The molecular formula is C22H26FN3O2. The summed E-state index contributed by atoms with van der Waals surface area (Å²) in [6, 6.07) is 12.5. The number of carbonyl (C=O) groups excluding carboxylic acids is 1. The average Bonchev–Trinajstić information content (AvgIpc) is 2.98. The maximum absolute atomic E-state index is 13.4. The van der Waals surface area contributed by atoms with Crippen LogP contribution in [0.25, 0.3) is 11.0 Å². The Morgan fingerprint density at radius 3 is 2.68 bits per heavy atom. The molecule has 0 fully saturated rings.